The van der Waals surface area contributed by atoms with Gasteiger partial charge < -0.3 is 14.2 Å². The molecule has 0 spiro atoms. The van der Waals surface area contributed by atoms with Gasteiger partial charge in [-0.25, -0.2) is 0 Å². The normalized spacial score (nSPS) is 20.5. The average molecular weight is 188 g/mol. The van der Waals surface area contributed by atoms with Crippen LogP contribution in [0.3, 0.4) is 0 Å². The van der Waals surface area contributed by atoms with Crippen LogP contribution >= 0.6 is 0 Å². The monoisotopic (exact) mass is 188 g/mol. The predicted octanol–water partition coefficient (Wildman–Crippen LogP) is 2.30. The Morgan fingerprint density at radius 2 is 1.54 bits per heavy atom. The number of hydrogen-bond donors (Lipinski definition) is 0. The van der Waals surface area contributed by atoms with E-state index >= 15 is 0 Å². The van der Waals surface area contributed by atoms with Crippen molar-refractivity contribution in [1.29, 1.82) is 0 Å². The molecule has 0 aromatic rings. The van der Waals surface area contributed by atoms with E-state index in [-0.39, 0.29) is 0 Å². The van der Waals surface area contributed by atoms with E-state index in [0.29, 0.717) is 6.10 Å². The van der Waals surface area contributed by atoms with Crippen LogP contribution in [-0.2, 0) is 14.2 Å². The van der Waals surface area contributed by atoms with Crippen molar-refractivity contribution in [3.63, 3.8) is 0 Å². The van der Waals surface area contributed by atoms with E-state index in [1.807, 2.05) is 6.92 Å². The van der Waals surface area contributed by atoms with E-state index < -0.39 is 5.97 Å². The third kappa shape index (κ3) is 3.25. The van der Waals surface area contributed by atoms with Crippen molar-refractivity contribution >= 4 is 0 Å². The largest absolute Gasteiger partial charge is 0.331 e. The van der Waals surface area contributed by atoms with Crippen LogP contribution in [0.25, 0.3) is 0 Å². The van der Waals surface area contributed by atoms with Crippen molar-refractivity contribution in [2.75, 3.05) is 14.2 Å². The van der Waals surface area contributed by atoms with Crippen LogP contribution in [0.1, 0.15) is 39.0 Å². The SMILES string of the molecule is COC(C)(OC)OC1CCCCC1. The maximum absolute atomic E-state index is 5.73. The molecule has 1 saturated carbocycles. The Morgan fingerprint density at radius 1 is 1.00 bits per heavy atom. The van der Waals surface area contributed by atoms with Crippen molar-refractivity contribution in [3.8, 4) is 0 Å². The van der Waals surface area contributed by atoms with Gasteiger partial charge in [0.05, 0.1) is 6.10 Å². The van der Waals surface area contributed by atoms with Crippen LogP contribution in [0.15, 0.2) is 0 Å². The molecule has 0 aliphatic heterocycles. The first-order valence-electron chi connectivity index (χ1n) is 4.98. The fourth-order valence-corrected chi connectivity index (χ4v) is 1.67. The second kappa shape index (κ2) is 4.94. The van der Waals surface area contributed by atoms with E-state index in [9.17, 15) is 0 Å². The third-order valence-electron chi connectivity index (χ3n) is 2.67. The zero-order chi connectivity index (χ0) is 9.73. The van der Waals surface area contributed by atoms with E-state index in [0.717, 1.165) is 12.8 Å². The van der Waals surface area contributed by atoms with Gasteiger partial charge in [-0.2, -0.15) is 0 Å². The second-order valence-corrected chi connectivity index (χ2v) is 3.65. The van der Waals surface area contributed by atoms with Gasteiger partial charge in [0.25, 0.3) is 5.97 Å². The Kier molecular flexibility index (Phi) is 4.16. The molecule has 1 aliphatic carbocycles. The predicted molar refractivity (Wildman–Crippen MR) is 50.4 cm³/mol. The van der Waals surface area contributed by atoms with Crippen LogP contribution in [0, 0.1) is 0 Å². The molecule has 0 amide bonds. The lowest BCUT2D eigenvalue weighted by molar-refractivity contribution is -0.367. The molecule has 0 aromatic carbocycles. The lowest BCUT2D eigenvalue weighted by Crippen LogP contribution is -2.38. The maximum Gasteiger partial charge on any atom is 0.279 e. The second-order valence-electron chi connectivity index (χ2n) is 3.65. The van der Waals surface area contributed by atoms with Crippen LogP contribution in [0.4, 0.5) is 0 Å². The van der Waals surface area contributed by atoms with E-state index in [1.165, 1.54) is 19.3 Å². The van der Waals surface area contributed by atoms with Gasteiger partial charge in [-0.3, -0.25) is 0 Å². The van der Waals surface area contributed by atoms with Crippen LogP contribution in [0.5, 0.6) is 0 Å². The zero-order valence-electron chi connectivity index (χ0n) is 8.84. The Balaban J connectivity index is 2.35. The van der Waals surface area contributed by atoms with Gasteiger partial charge in [0.15, 0.2) is 0 Å². The van der Waals surface area contributed by atoms with Gasteiger partial charge in [-0.15, -0.1) is 0 Å². The van der Waals surface area contributed by atoms with Crippen molar-refractivity contribution in [1.82, 2.24) is 0 Å². The van der Waals surface area contributed by atoms with Crippen LogP contribution in [-0.4, -0.2) is 26.3 Å². The number of hydrogen-bond acceptors (Lipinski definition) is 3. The maximum atomic E-state index is 5.73. The first kappa shape index (κ1) is 11.0. The van der Waals surface area contributed by atoms with Crippen molar-refractivity contribution in [3.05, 3.63) is 0 Å². The molecule has 0 bridgehead atoms. The highest BCUT2D eigenvalue weighted by Gasteiger charge is 2.28. The molecule has 78 valence electrons. The standard InChI is InChI=1S/C10H20O3/c1-10(11-2,12-3)13-9-7-5-4-6-8-9/h9H,4-8H2,1-3H3. The summed E-state index contributed by atoms with van der Waals surface area (Å²) < 4.78 is 16.0. The minimum absolute atomic E-state index is 0.304. The van der Waals surface area contributed by atoms with Gasteiger partial charge in [-0.1, -0.05) is 19.3 Å². The Labute approximate surface area is 80.4 Å². The first-order valence-corrected chi connectivity index (χ1v) is 4.98. The summed E-state index contributed by atoms with van der Waals surface area (Å²) in [6.07, 6.45) is 6.41. The molecule has 13 heavy (non-hydrogen) atoms. The highest BCUT2D eigenvalue weighted by atomic mass is 16.9. The summed E-state index contributed by atoms with van der Waals surface area (Å²) in [7, 11) is 3.21. The van der Waals surface area contributed by atoms with Crippen molar-refractivity contribution in [2.45, 2.75) is 51.1 Å². The average Bonchev–Trinajstić information content (AvgIpc) is 2.19. The lowest BCUT2D eigenvalue weighted by atomic mass is 9.98. The summed E-state index contributed by atoms with van der Waals surface area (Å²) in [5.41, 5.74) is 0. The molecular formula is C10H20O3. The molecule has 0 N–H and O–H groups in total. The molecule has 1 aliphatic rings. The summed E-state index contributed by atoms with van der Waals surface area (Å²) in [5.74, 6) is -0.859. The molecule has 1 fully saturated rings. The Bertz CT molecular complexity index is 137. The number of methoxy groups -OCH3 is 2. The van der Waals surface area contributed by atoms with Gasteiger partial charge >= 0.3 is 0 Å². The smallest absolute Gasteiger partial charge is 0.279 e. The van der Waals surface area contributed by atoms with Crippen molar-refractivity contribution < 1.29 is 14.2 Å². The lowest BCUT2D eigenvalue weighted by Gasteiger charge is -2.32. The summed E-state index contributed by atoms with van der Waals surface area (Å²) >= 11 is 0. The zero-order valence-corrected chi connectivity index (χ0v) is 8.84. The third-order valence-corrected chi connectivity index (χ3v) is 2.67. The van der Waals surface area contributed by atoms with Gasteiger partial charge in [0.2, 0.25) is 0 Å². The number of rotatable bonds is 4. The molecule has 3 nitrogen and oxygen atoms in total. The fourth-order valence-electron chi connectivity index (χ4n) is 1.67. The molecule has 0 heterocycles. The first-order chi connectivity index (χ1) is 6.20. The fraction of sp³-hybridized carbons (Fsp3) is 1.00. The summed E-state index contributed by atoms with van der Waals surface area (Å²) in [5, 5.41) is 0. The Hall–Kier alpha value is -0.120. The summed E-state index contributed by atoms with van der Waals surface area (Å²) in [4.78, 5) is 0. The number of ether oxygens (including phenoxy) is 3. The van der Waals surface area contributed by atoms with Crippen LogP contribution < -0.4 is 0 Å². The van der Waals surface area contributed by atoms with Gasteiger partial charge in [-0.05, 0) is 12.8 Å². The molecule has 1 rings (SSSR count). The molecule has 3 heteroatoms. The minimum atomic E-state index is -0.859. The highest BCUT2D eigenvalue weighted by Crippen LogP contribution is 2.25. The molecular weight excluding hydrogens is 168 g/mol. The molecule has 0 atom stereocenters. The minimum Gasteiger partial charge on any atom is -0.331 e. The summed E-state index contributed by atoms with van der Waals surface area (Å²) in [6, 6.07) is 0. The molecule has 0 unspecified atom stereocenters. The van der Waals surface area contributed by atoms with E-state index in [1.54, 1.807) is 14.2 Å². The van der Waals surface area contributed by atoms with Gasteiger partial charge in [0.1, 0.15) is 0 Å². The molecule has 0 aromatic heterocycles. The van der Waals surface area contributed by atoms with Gasteiger partial charge in [0, 0.05) is 21.1 Å². The van der Waals surface area contributed by atoms with Crippen molar-refractivity contribution in [2.24, 2.45) is 0 Å². The topological polar surface area (TPSA) is 27.7 Å². The highest BCUT2D eigenvalue weighted by molar-refractivity contribution is 4.66. The molecule has 0 radical (unpaired) electrons. The summed E-state index contributed by atoms with van der Waals surface area (Å²) in [6.45, 7) is 1.81. The Morgan fingerprint density at radius 3 is 2.00 bits per heavy atom. The quantitative estimate of drug-likeness (QED) is 0.633. The molecule has 0 saturated heterocycles. The van der Waals surface area contributed by atoms with Crippen LogP contribution in [0.2, 0.25) is 0 Å². The van der Waals surface area contributed by atoms with E-state index in [2.05, 4.69) is 0 Å². The van der Waals surface area contributed by atoms with E-state index in [4.69, 9.17) is 14.2 Å².